The molecule has 0 radical (unpaired) electrons. The molecule has 0 saturated carbocycles. The van der Waals surface area contributed by atoms with Gasteiger partial charge >= 0.3 is 0 Å². The summed E-state index contributed by atoms with van der Waals surface area (Å²) in [5.41, 5.74) is 0. The summed E-state index contributed by atoms with van der Waals surface area (Å²) in [7, 11) is -3.28. The third kappa shape index (κ3) is 2.20. The highest BCUT2D eigenvalue weighted by atomic mass is 32.2. The number of hydrogen-bond acceptors (Lipinski definition) is 4. The molecule has 1 heterocycles. The average Bonchev–Trinajstić information content (AvgIpc) is 2.30. The highest BCUT2D eigenvalue weighted by Gasteiger charge is 2.28. The Labute approximate surface area is 95.2 Å². The van der Waals surface area contributed by atoms with E-state index in [2.05, 4.69) is 5.32 Å². The van der Waals surface area contributed by atoms with E-state index >= 15 is 0 Å². The minimum Gasteiger partial charge on any atom is -0.508 e. The number of rotatable bonds is 2. The van der Waals surface area contributed by atoms with Gasteiger partial charge in [0.25, 0.3) is 0 Å². The molecule has 1 aliphatic rings. The van der Waals surface area contributed by atoms with Crippen molar-refractivity contribution in [3.8, 4) is 5.75 Å². The normalized spacial score (nSPS) is 18.5. The van der Waals surface area contributed by atoms with Gasteiger partial charge in [0, 0.05) is 0 Å². The number of nitrogens with one attached hydrogen (secondary N) is 1. The first-order valence-electron chi connectivity index (χ1n) is 5.34. The van der Waals surface area contributed by atoms with Crippen LogP contribution in [0.4, 0.5) is 0 Å². The average molecular weight is 241 g/mol. The molecule has 1 aromatic rings. The summed E-state index contributed by atoms with van der Waals surface area (Å²) in [4.78, 5) is 0.222. The van der Waals surface area contributed by atoms with E-state index < -0.39 is 9.84 Å². The van der Waals surface area contributed by atoms with Crippen LogP contribution in [0.1, 0.15) is 12.8 Å². The van der Waals surface area contributed by atoms with Gasteiger partial charge in [0.05, 0.1) is 10.1 Å². The number of piperidine rings is 1. The van der Waals surface area contributed by atoms with E-state index in [1.807, 2.05) is 0 Å². The molecule has 0 aromatic heterocycles. The molecule has 0 unspecified atom stereocenters. The Morgan fingerprint density at radius 2 is 1.94 bits per heavy atom. The highest BCUT2D eigenvalue weighted by molar-refractivity contribution is 7.92. The fourth-order valence-electron chi connectivity index (χ4n) is 1.96. The number of phenols is 1. The molecule has 0 atom stereocenters. The Kier molecular flexibility index (Phi) is 3.16. The third-order valence-electron chi connectivity index (χ3n) is 2.87. The summed E-state index contributed by atoms with van der Waals surface area (Å²) >= 11 is 0. The Balaban J connectivity index is 2.30. The summed E-state index contributed by atoms with van der Waals surface area (Å²) in [5.74, 6) is -0.00462. The third-order valence-corrected chi connectivity index (χ3v) is 5.13. The van der Waals surface area contributed by atoms with E-state index in [0.29, 0.717) is 12.8 Å². The van der Waals surface area contributed by atoms with Crippen LogP contribution < -0.4 is 5.32 Å². The lowest BCUT2D eigenvalue weighted by Crippen LogP contribution is -2.35. The second-order valence-corrected chi connectivity index (χ2v) is 6.22. The van der Waals surface area contributed by atoms with Gasteiger partial charge in [-0.25, -0.2) is 8.42 Å². The van der Waals surface area contributed by atoms with Crippen LogP contribution in [-0.4, -0.2) is 31.9 Å². The first-order chi connectivity index (χ1) is 7.60. The summed E-state index contributed by atoms with van der Waals surface area (Å²) < 4.78 is 24.4. The maximum absolute atomic E-state index is 12.2. The second-order valence-electron chi connectivity index (χ2n) is 3.99. The molecule has 4 nitrogen and oxygen atoms in total. The summed E-state index contributed by atoms with van der Waals surface area (Å²) in [6, 6.07) is 5.89. The van der Waals surface area contributed by atoms with Crippen molar-refractivity contribution in [3.63, 3.8) is 0 Å². The molecule has 1 fully saturated rings. The van der Waals surface area contributed by atoms with Crippen LogP contribution in [0.25, 0.3) is 0 Å². The van der Waals surface area contributed by atoms with E-state index in [1.54, 1.807) is 6.07 Å². The van der Waals surface area contributed by atoms with Crippen LogP contribution in [0.3, 0.4) is 0 Å². The minimum absolute atomic E-state index is 0.00462. The molecule has 1 aliphatic heterocycles. The van der Waals surface area contributed by atoms with E-state index in [1.165, 1.54) is 18.2 Å². The quantitative estimate of drug-likeness (QED) is 0.808. The van der Waals surface area contributed by atoms with Gasteiger partial charge in [-0.2, -0.15) is 0 Å². The SMILES string of the molecule is O=S(=O)(c1cccc(O)c1)C1CCNCC1. The van der Waals surface area contributed by atoms with Gasteiger partial charge in [-0.3, -0.25) is 0 Å². The number of sulfone groups is 1. The first kappa shape index (κ1) is 11.4. The van der Waals surface area contributed by atoms with Gasteiger partial charge in [-0.1, -0.05) is 6.07 Å². The zero-order valence-corrected chi connectivity index (χ0v) is 9.70. The van der Waals surface area contributed by atoms with Crippen molar-refractivity contribution >= 4 is 9.84 Å². The Morgan fingerprint density at radius 3 is 2.56 bits per heavy atom. The first-order valence-corrected chi connectivity index (χ1v) is 6.89. The van der Waals surface area contributed by atoms with E-state index in [0.717, 1.165) is 13.1 Å². The number of benzene rings is 1. The zero-order valence-electron chi connectivity index (χ0n) is 8.89. The number of aromatic hydroxyl groups is 1. The smallest absolute Gasteiger partial charge is 0.181 e. The van der Waals surface area contributed by atoms with Crippen molar-refractivity contribution < 1.29 is 13.5 Å². The fourth-order valence-corrected chi connectivity index (χ4v) is 3.75. The fraction of sp³-hybridized carbons (Fsp3) is 0.455. The molecular formula is C11H15NO3S. The number of hydrogen-bond donors (Lipinski definition) is 2. The zero-order chi connectivity index (χ0) is 11.6. The molecule has 0 aliphatic carbocycles. The van der Waals surface area contributed by atoms with Crippen molar-refractivity contribution in [2.75, 3.05) is 13.1 Å². The minimum atomic E-state index is -3.28. The van der Waals surface area contributed by atoms with Gasteiger partial charge in [0.2, 0.25) is 0 Å². The molecular weight excluding hydrogens is 226 g/mol. The molecule has 16 heavy (non-hydrogen) atoms. The van der Waals surface area contributed by atoms with Crippen molar-refractivity contribution in [1.82, 2.24) is 5.32 Å². The summed E-state index contributed by atoms with van der Waals surface area (Å²) in [5, 5.41) is 12.1. The van der Waals surface area contributed by atoms with Crippen LogP contribution in [0, 0.1) is 0 Å². The predicted octanol–water partition coefficient (Wildman–Crippen LogP) is 0.918. The number of phenolic OH excluding ortho intramolecular Hbond substituents is 1. The summed E-state index contributed by atoms with van der Waals surface area (Å²) in [6.45, 7) is 1.48. The molecule has 0 spiro atoms. The molecule has 88 valence electrons. The molecule has 1 aromatic carbocycles. The molecule has 5 heteroatoms. The maximum atomic E-state index is 12.2. The van der Waals surface area contributed by atoms with Crippen molar-refractivity contribution in [2.24, 2.45) is 0 Å². The molecule has 0 amide bonds. The van der Waals surface area contributed by atoms with Crippen LogP contribution in [-0.2, 0) is 9.84 Å². The van der Waals surface area contributed by atoms with Crippen LogP contribution in [0.15, 0.2) is 29.2 Å². The van der Waals surface area contributed by atoms with Crippen molar-refractivity contribution in [1.29, 1.82) is 0 Å². The molecule has 2 N–H and O–H groups in total. The standard InChI is InChI=1S/C11H15NO3S/c13-9-2-1-3-11(8-9)16(14,15)10-4-6-12-7-5-10/h1-3,8,10,12-13H,4-7H2. The van der Waals surface area contributed by atoms with E-state index in [4.69, 9.17) is 0 Å². The predicted molar refractivity (Wildman–Crippen MR) is 61.2 cm³/mol. The molecule has 2 rings (SSSR count). The van der Waals surface area contributed by atoms with Gasteiger partial charge in [0.15, 0.2) is 9.84 Å². The van der Waals surface area contributed by atoms with E-state index in [9.17, 15) is 13.5 Å². The van der Waals surface area contributed by atoms with Gasteiger partial charge in [-0.05, 0) is 44.1 Å². The maximum Gasteiger partial charge on any atom is 0.181 e. The van der Waals surface area contributed by atoms with Gasteiger partial charge < -0.3 is 10.4 Å². The lowest BCUT2D eigenvalue weighted by molar-refractivity contribution is 0.471. The van der Waals surface area contributed by atoms with Gasteiger partial charge in [0.1, 0.15) is 5.75 Å². The van der Waals surface area contributed by atoms with Gasteiger partial charge in [-0.15, -0.1) is 0 Å². The van der Waals surface area contributed by atoms with Crippen LogP contribution >= 0.6 is 0 Å². The van der Waals surface area contributed by atoms with E-state index in [-0.39, 0.29) is 15.9 Å². The van der Waals surface area contributed by atoms with Crippen LogP contribution in [0.5, 0.6) is 5.75 Å². The lowest BCUT2D eigenvalue weighted by Gasteiger charge is -2.22. The topological polar surface area (TPSA) is 66.4 Å². The summed E-state index contributed by atoms with van der Waals surface area (Å²) in [6.07, 6.45) is 1.27. The highest BCUT2D eigenvalue weighted by Crippen LogP contribution is 2.24. The van der Waals surface area contributed by atoms with Crippen molar-refractivity contribution in [2.45, 2.75) is 23.0 Å². The second kappa shape index (κ2) is 4.43. The van der Waals surface area contributed by atoms with Crippen molar-refractivity contribution in [3.05, 3.63) is 24.3 Å². The Hall–Kier alpha value is -1.07. The molecule has 1 saturated heterocycles. The monoisotopic (exact) mass is 241 g/mol. The largest absolute Gasteiger partial charge is 0.508 e. The van der Waals surface area contributed by atoms with Crippen LogP contribution in [0.2, 0.25) is 0 Å². The molecule has 0 bridgehead atoms. The Morgan fingerprint density at radius 1 is 1.25 bits per heavy atom. The Bertz CT molecular complexity index is 464. The lowest BCUT2D eigenvalue weighted by atomic mass is 10.2.